The van der Waals surface area contributed by atoms with Gasteiger partial charge in [-0.3, -0.25) is 9.69 Å². The number of nitrogens with one attached hydrogen (secondary N) is 1. The fraction of sp³-hybridized carbons (Fsp3) is 0.435. The van der Waals surface area contributed by atoms with Gasteiger partial charge >= 0.3 is 0 Å². The van der Waals surface area contributed by atoms with Crippen LogP contribution < -0.4 is 14.8 Å². The van der Waals surface area contributed by atoms with Crippen LogP contribution in [0.5, 0.6) is 11.5 Å². The average molecular weight is 431 g/mol. The highest BCUT2D eigenvalue weighted by atomic mass is 32.2. The molecule has 2 fully saturated rings. The molecule has 0 aromatic heterocycles. The molecular weight excluding hydrogens is 403 g/mol. The van der Waals surface area contributed by atoms with Crippen LogP contribution >= 0.6 is 11.8 Å². The third-order valence-corrected chi connectivity index (χ3v) is 6.79. The Labute approximate surface area is 180 Å². The number of hydrogen-bond acceptors (Lipinski definition) is 5. The van der Waals surface area contributed by atoms with Crippen molar-refractivity contribution >= 4 is 17.7 Å². The summed E-state index contributed by atoms with van der Waals surface area (Å²) in [5.41, 5.74) is 0.994. The van der Waals surface area contributed by atoms with Crippen molar-refractivity contribution in [3.05, 3.63) is 53.8 Å². The van der Waals surface area contributed by atoms with E-state index in [0.29, 0.717) is 12.6 Å². The van der Waals surface area contributed by atoms with Crippen molar-refractivity contribution in [1.29, 1.82) is 0 Å². The van der Waals surface area contributed by atoms with Crippen LogP contribution in [0.3, 0.4) is 0 Å². The molecule has 0 radical (unpaired) electrons. The largest absolute Gasteiger partial charge is 0.497 e. The highest BCUT2D eigenvalue weighted by molar-refractivity contribution is 8.00. The standard InChI is InChI=1S/C23H27FN2O3S/c1-28-18-7-10-22(29-2)15(11-18)13-26-14-20(30-19-8-3-16(24)4-9-19)12-21(26)23(27)25-17-5-6-17/h3-4,7-11,17,20-21H,5-6,12-14H2,1-2H3,(H,25,27)/t20-,21-/m0/s1. The fourth-order valence-electron chi connectivity index (χ4n) is 3.85. The van der Waals surface area contributed by atoms with E-state index < -0.39 is 0 Å². The van der Waals surface area contributed by atoms with Crippen LogP contribution in [0.2, 0.25) is 0 Å². The van der Waals surface area contributed by atoms with E-state index in [1.54, 1.807) is 38.1 Å². The molecule has 2 atom stereocenters. The van der Waals surface area contributed by atoms with Gasteiger partial charge in [0, 0.05) is 34.8 Å². The first-order chi connectivity index (χ1) is 14.6. The minimum Gasteiger partial charge on any atom is -0.497 e. The number of amides is 1. The fourth-order valence-corrected chi connectivity index (χ4v) is 5.07. The van der Waals surface area contributed by atoms with Gasteiger partial charge in [0.15, 0.2) is 0 Å². The van der Waals surface area contributed by atoms with Crippen molar-refractivity contribution in [3.63, 3.8) is 0 Å². The maximum absolute atomic E-state index is 13.2. The van der Waals surface area contributed by atoms with E-state index in [1.165, 1.54) is 12.1 Å². The van der Waals surface area contributed by atoms with Crippen molar-refractivity contribution in [2.45, 2.75) is 48.0 Å². The lowest BCUT2D eigenvalue weighted by Gasteiger charge is -2.24. The molecule has 2 aromatic carbocycles. The second-order valence-electron chi connectivity index (χ2n) is 7.84. The Kier molecular flexibility index (Phi) is 6.49. The highest BCUT2D eigenvalue weighted by Crippen LogP contribution is 2.36. The maximum Gasteiger partial charge on any atom is 0.237 e. The zero-order valence-corrected chi connectivity index (χ0v) is 18.1. The third kappa shape index (κ3) is 5.08. The summed E-state index contributed by atoms with van der Waals surface area (Å²) >= 11 is 1.70. The second-order valence-corrected chi connectivity index (χ2v) is 9.21. The number of ether oxygens (including phenoxy) is 2. The molecule has 1 heterocycles. The quantitative estimate of drug-likeness (QED) is 0.689. The Morgan fingerprint density at radius 3 is 2.60 bits per heavy atom. The summed E-state index contributed by atoms with van der Waals surface area (Å²) in [6, 6.07) is 12.4. The van der Waals surface area contributed by atoms with Gasteiger partial charge in [-0.1, -0.05) is 0 Å². The molecule has 30 heavy (non-hydrogen) atoms. The van der Waals surface area contributed by atoms with E-state index in [4.69, 9.17) is 9.47 Å². The van der Waals surface area contributed by atoms with Crippen LogP contribution in [0, 0.1) is 5.82 Å². The molecule has 1 N–H and O–H groups in total. The summed E-state index contributed by atoms with van der Waals surface area (Å²) in [4.78, 5) is 16.2. The van der Waals surface area contributed by atoms with E-state index in [0.717, 1.165) is 47.8 Å². The zero-order chi connectivity index (χ0) is 21.1. The Morgan fingerprint density at radius 1 is 1.17 bits per heavy atom. The molecule has 4 rings (SSSR count). The van der Waals surface area contributed by atoms with Crippen LogP contribution in [0.15, 0.2) is 47.4 Å². The first-order valence-corrected chi connectivity index (χ1v) is 11.1. The van der Waals surface area contributed by atoms with Crippen LogP contribution in [0.1, 0.15) is 24.8 Å². The number of halogens is 1. The van der Waals surface area contributed by atoms with Gasteiger partial charge < -0.3 is 14.8 Å². The molecule has 2 aromatic rings. The zero-order valence-electron chi connectivity index (χ0n) is 17.3. The number of hydrogen-bond donors (Lipinski definition) is 1. The van der Waals surface area contributed by atoms with Crippen LogP contribution in [-0.2, 0) is 11.3 Å². The van der Waals surface area contributed by atoms with Gasteiger partial charge in [0.1, 0.15) is 17.3 Å². The van der Waals surface area contributed by atoms with Gasteiger partial charge in [-0.05, 0) is 61.7 Å². The van der Waals surface area contributed by atoms with E-state index in [9.17, 15) is 9.18 Å². The molecule has 0 spiro atoms. The average Bonchev–Trinajstić information content (AvgIpc) is 3.48. The summed E-state index contributed by atoms with van der Waals surface area (Å²) in [5.74, 6) is 1.41. The van der Waals surface area contributed by atoms with Gasteiger partial charge in [-0.25, -0.2) is 4.39 Å². The number of thioether (sulfide) groups is 1. The SMILES string of the molecule is COc1ccc(OC)c(CN2C[C@@H](Sc3ccc(F)cc3)C[C@H]2C(=O)NC2CC2)c1. The molecule has 1 aliphatic carbocycles. The topological polar surface area (TPSA) is 50.8 Å². The monoisotopic (exact) mass is 430 g/mol. The van der Waals surface area contributed by atoms with Crippen molar-refractivity contribution < 1.29 is 18.7 Å². The van der Waals surface area contributed by atoms with Gasteiger partial charge in [0.25, 0.3) is 0 Å². The Bertz CT molecular complexity index is 889. The minimum absolute atomic E-state index is 0.0987. The number of carbonyl (C=O) groups is 1. The number of carbonyl (C=O) groups excluding carboxylic acids is 1. The van der Waals surface area contributed by atoms with Gasteiger partial charge in [-0.2, -0.15) is 0 Å². The number of benzene rings is 2. The predicted molar refractivity (Wildman–Crippen MR) is 116 cm³/mol. The number of likely N-dealkylation sites (tertiary alicyclic amines) is 1. The van der Waals surface area contributed by atoms with Crippen LogP contribution in [0.4, 0.5) is 4.39 Å². The molecule has 0 unspecified atom stereocenters. The lowest BCUT2D eigenvalue weighted by molar-refractivity contribution is -0.125. The van der Waals surface area contributed by atoms with Gasteiger partial charge in [-0.15, -0.1) is 11.8 Å². The molecule has 1 saturated heterocycles. The summed E-state index contributed by atoms with van der Waals surface area (Å²) in [7, 11) is 3.29. The molecule has 1 aliphatic heterocycles. The molecule has 5 nitrogen and oxygen atoms in total. The molecule has 0 bridgehead atoms. The van der Waals surface area contributed by atoms with E-state index >= 15 is 0 Å². The van der Waals surface area contributed by atoms with Crippen LogP contribution in [-0.4, -0.2) is 48.9 Å². The normalized spacial score (nSPS) is 21.4. The van der Waals surface area contributed by atoms with Gasteiger partial charge in [0.05, 0.1) is 20.3 Å². The van der Waals surface area contributed by atoms with Crippen molar-refractivity contribution in [2.75, 3.05) is 20.8 Å². The Morgan fingerprint density at radius 2 is 1.93 bits per heavy atom. The highest BCUT2D eigenvalue weighted by Gasteiger charge is 2.39. The maximum atomic E-state index is 13.2. The summed E-state index contributed by atoms with van der Waals surface area (Å²) in [6.07, 6.45) is 2.89. The number of nitrogens with zero attached hydrogens (tertiary/aromatic N) is 1. The molecule has 160 valence electrons. The number of methoxy groups -OCH3 is 2. The van der Waals surface area contributed by atoms with Crippen molar-refractivity contribution in [1.82, 2.24) is 10.2 Å². The summed E-state index contributed by atoms with van der Waals surface area (Å²) in [5, 5.41) is 3.41. The Hall–Kier alpha value is -2.25. The molecule has 7 heteroatoms. The molecule has 1 saturated carbocycles. The first-order valence-electron chi connectivity index (χ1n) is 10.2. The van der Waals surface area contributed by atoms with Crippen molar-refractivity contribution in [2.24, 2.45) is 0 Å². The lowest BCUT2D eigenvalue weighted by atomic mass is 10.1. The predicted octanol–water partition coefficient (Wildman–Crippen LogP) is 3.86. The number of rotatable bonds is 8. The second kappa shape index (κ2) is 9.27. The third-order valence-electron chi connectivity index (χ3n) is 5.57. The first kappa shape index (κ1) is 21.0. The van der Waals surface area contributed by atoms with Crippen LogP contribution in [0.25, 0.3) is 0 Å². The minimum atomic E-state index is -0.237. The van der Waals surface area contributed by atoms with E-state index in [1.807, 2.05) is 18.2 Å². The summed E-state index contributed by atoms with van der Waals surface area (Å²) < 4.78 is 24.2. The van der Waals surface area contributed by atoms with Gasteiger partial charge in [0.2, 0.25) is 5.91 Å². The molecular formula is C23H27FN2O3S. The van der Waals surface area contributed by atoms with E-state index in [-0.39, 0.29) is 23.0 Å². The van der Waals surface area contributed by atoms with E-state index in [2.05, 4.69) is 10.2 Å². The molecule has 1 amide bonds. The summed E-state index contributed by atoms with van der Waals surface area (Å²) in [6.45, 7) is 1.37. The van der Waals surface area contributed by atoms with Crippen molar-refractivity contribution in [3.8, 4) is 11.5 Å². The Balaban J connectivity index is 1.52. The smallest absolute Gasteiger partial charge is 0.237 e. The lowest BCUT2D eigenvalue weighted by Crippen LogP contribution is -2.43. The molecule has 2 aliphatic rings.